The summed E-state index contributed by atoms with van der Waals surface area (Å²) in [5.74, 6) is -0.879. The van der Waals surface area contributed by atoms with Gasteiger partial charge in [0.05, 0.1) is 17.1 Å². The minimum absolute atomic E-state index is 0.0199. The van der Waals surface area contributed by atoms with Crippen molar-refractivity contribution in [2.45, 2.75) is 26.2 Å². The Morgan fingerprint density at radius 1 is 1.15 bits per heavy atom. The third-order valence-corrected chi connectivity index (χ3v) is 5.83. The molecule has 0 spiro atoms. The van der Waals surface area contributed by atoms with Crippen LogP contribution in [0.5, 0.6) is 0 Å². The highest BCUT2D eigenvalue weighted by molar-refractivity contribution is 8.14. The fraction of sp³-hybridized carbons (Fsp3) is 0.200. The van der Waals surface area contributed by atoms with Crippen LogP contribution in [0.3, 0.4) is 0 Å². The Morgan fingerprint density at radius 3 is 2.50 bits per heavy atom. The molecule has 0 unspecified atom stereocenters. The molecule has 4 rings (SSSR count). The monoisotopic (exact) mass is 478 g/mol. The van der Waals surface area contributed by atoms with Gasteiger partial charge in [-0.15, -0.1) is 0 Å². The van der Waals surface area contributed by atoms with Gasteiger partial charge in [-0.05, 0) is 35.9 Å². The van der Waals surface area contributed by atoms with Gasteiger partial charge in [0.1, 0.15) is 11.5 Å². The van der Waals surface area contributed by atoms with Gasteiger partial charge >= 0.3 is 0 Å². The molecule has 0 saturated heterocycles. The average Bonchev–Trinajstić information content (AvgIpc) is 3.39. The van der Waals surface area contributed by atoms with Crippen LogP contribution < -0.4 is 10.2 Å². The second-order valence-electron chi connectivity index (χ2n) is 8.61. The Morgan fingerprint density at radius 2 is 1.85 bits per heavy atom. The molecule has 1 aromatic heterocycles. The number of aliphatic imine (C=N–C) groups is 1. The van der Waals surface area contributed by atoms with E-state index in [0.717, 1.165) is 23.0 Å². The lowest BCUT2D eigenvalue weighted by molar-refractivity contribution is -0.114. The topological polar surface area (TPSA) is 87.8 Å². The fourth-order valence-electron chi connectivity index (χ4n) is 3.11. The molecule has 0 fully saturated rings. The van der Waals surface area contributed by atoms with E-state index in [1.54, 1.807) is 12.1 Å². The SMILES string of the molecule is CC(C)(C)c1cc(NC(=O)CSC2=N/C(=C/c3ccccc3)C(=O)N2c2ccc(F)cc2)on1. The Balaban J connectivity index is 1.52. The molecule has 2 aromatic carbocycles. The predicted molar refractivity (Wildman–Crippen MR) is 132 cm³/mol. The van der Waals surface area contributed by atoms with Crippen molar-refractivity contribution >= 4 is 46.4 Å². The summed E-state index contributed by atoms with van der Waals surface area (Å²) in [6, 6.07) is 16.6. The fourth-order valence-corrected chi connectivity index (χ4v) is 3.92. The second-order valence-corrected chi connectivity index (χ2v) is 9.56. The molecule has 2 heterocycles. The van der Waals surface area contributed by atoms with Gasteiger partial charge in [0, 0.05) is 11.5 Å². The van der Waals surface area contributed by atoms with E-state index < -0.39 is 5.82 Å². The summed E-state index contributed by atoms with van der Waals surface area (Å²) >= 11 is 1.10. The minimum Gasteiger partial charge on any atom is -0.338 e. The van der Waals surface area contributed by atoms with Crippen molar-refractivity contribution in [2.75, 3.05) is 16.0 Å². The normalized spacial score (nSPS) is 15.1. The summed E-state index contributed by atoms with van der Waals surface area (Å²) in [5, 5.41) is 6.98. The molecule has 0 aliphatic carbocycles. The molecule has 7 nitrogen and oxygen atoms in total. The van der Waals surface area contributed by atoms with Gasteiger partial charge in [0.15, 0.2) is 5.17 Å². The van der Waals surface area contributed by atoms with Crippen molar-refractivity contribution in [3.05, 3.63) is 83.4 Å². The smallest absolute Gasteiger partial charge is 0.283 e. The third kappa shape index (κ3) is 5.43. The molecule has 34 heavy (non-hydrogen) atoms. The zero-order valence-electron chi connectivity index (χ0n) is 18.9. The number of amidine groups is 1. The molecule has 0 atom stereocenters. The highest BCUT2D eigenvalue weighted by atomic mass is 32.2. The summed E-state index contributed by atoms with van der Waals surface area (Å²) in [4.78, 5) is 31.5. The lowest BCUT2D eigenvalue weighted by Crippen LogP contribution is -2.31. The Labute approximate surface area is 200 Å². The van der Waals surface area contributed by atoms with E-state index in [9.17, 15) is 14.0 Å². The van der Waals surface area contributed by atoms with E-state index in [-0.39, 0.29) is 34.6 Å². The molecule has 1 aliphatic rings. The van der Waals surface area contributed by atoms with E-state index in [4.69, 9.17) is 4.52 Å². The summed E-state index contributed by atoms with van der Waals surface area (Å²) in [6.45, 7) is 5.98. The number of rotatable bonds is 5. The first-order valence-electron chi connectivity index (χ1n) is 10.6. The Bertz CT molecular complexity index is 1260. The van der Waals surface area contributed by atoms with Crippen LogP contribution in [0.25, 0.3) is 6.08 Å². The number of halogens is 1. The van der Waals surface area contributed by atoms with Gasteiger partial charge in [-0.2, -0.15) is 0 Å². The molecule has 1 aliphatic heterocycles. The van der Waals surface area contributed by atoms with Gasteiger partial charge in [0.25, 0.3) is 5.91 Å². The van der Waals surface area contributed by atoms with Crippen molar-refractivity contribution in [3.63, 3.8) is 0 Å². The maximum atomic E-state index is 13.5. The van der Waals surface area contributed by atoms with Gasteiger partial charge in [-0.1, -0.05) is 68.0 Å². The first-order valence-corrected chi connectivity index (χ1v) is 11.5. The van der Waals surface area contributed by atoms with Crippen molar-refractivity contribution in [3.8, 4) is 0 Å². The van der Waals surface area contributed by atoms with Gasteiger partial charge < -0.3 is 4.52 Å². The van der Waals surface area contributed by atoms with Crippen molar-refractivity contribution in [2.24, 2.45) is 4.99 Å². The summed E-state index contributed by atoms with van der Waals surface area (Å²) in [7, 11) is 0. The number of nitrogens with one attached hydrogen (secondary N) is 1. The summed E-state index contributed by atoms with van der Waals surface area (Å²) in [6.07, 6.45) is 1.68. The van der Waals surface area contributed by atoms with Crippen molar-refractivity contribution in [1.82, 2.24) is 5.16 Å². The number of aromatic nitrogens is 1. The van der Waals surface area contributed by atoms with Crippen LogP contribution in [0.2, 0.25) is 0 Å². The quantitative estimate of drug-likeness (QED) is 0.508. The minimum atomic E-state index is -0.414. The number of hydrogen-bond donors (Lipinski definition) is 1. The lowest BCUT2D eigenvalue weighted by atomic mass is 9.92. The van der Waals surface area contributed by atoms with Crippen LogP contribution in [0.15, 0.2) is 75.9 Å². The molecular weight excluding hydrogens is 455 g/mol. The molecule has 3 aromatic rings. The van der Waals surface area contributed by atoms with Crippen LogP contribution in [-0.2, 0) is 15.0 Å². The van der Waals surface area contributed by atoms with Crippen LogP contribution in [0.1, 0.15) is 32.0 Å². The zero-order valence-corrected chi connectivity index (χ0v) is 19.7. The molecule has 9 heteroatoms. The molecule has 0 saturated carbocycles. The third-order valence-electron chi connectivity index (χ3n) is 4.89. The maximum absolute atomic E-state index is 13.5. The number of anilines is 2. The highest BCUT2D eigenvalue weighted by Gasteiger charge is 2.32. The zero-order chi connectivity index (χ0) is 24.3. The number of nitrogens with zero attached hydrogens (tertiary/aromatic N) is 3. The number of amides is 2. The van der Waals surface area contributed by atoms with E-state index in [1.165, 1.54) is 29.2 Å². The summed E-state index contributed by atoms with van der Waals surface area (Å²) < 4.78 is 18.7. The number of benzene rings is 2. The van der Waals surface area contributed by atoms with E-state index >= 15 is 0 Å². The lowest BCUT2D eigenvalue weighted by Gasteiger charge is -2.17. The molecular formula is C25H23FN4O3S. The van der Waals surface area contributed by atoms with Crippen LogP contribution in [0, 0.1) is 5.82 Å². The van der Waals surface area contributed by atoms with Gasteiger partial charge in [0.2, 0.25) is 11.8 Å². The first kappa shape index (κ1) is 23.4. The largest absolute Gasteiger partial charge is 0.338 e. The number of carbonyl (C=O) groups is 2. The molecule has 2 amide bonds. The maximum Gasteiger partial charge on any atom is 0.283 e. The average molecular weight is 479 g/mol. The van der Waals surface area contributed by atoms with Crippen molar-refractivity contribution in [1.29, 1.82) is 0 Å². The number of hydrogen-bond acceptors (Lipinski definition) is 6. The number of thioether (sulfide) groups is 1. The van der Waals surface area contributed by atoms with Crippen LogP contribution in [0.4, 0.5) is 16.0 Å². The second kappa shape index (κ2) is 9.64. The molecule has 174 valence electrons. The van der Waals surface area contributed by atoms with Gasteiger partial charge in [-0.25, -0.2) is 9.38 Å². The van der Waals surface area contributed by atoms with Gasteiger partial charge in [-0.3, -0.25) is 19.8 Å². The van der Waals surface area contributed by atoms with E-state index in [0.29, 0.717) is 10.9 Å². The Hall–Kier alpha value is -3.72. The number of carbonyl (C=O) groups excluding carboxylic acids is 2. The van der Waals surface area contributed by atoms with Crippen LogP contribution in [-0.4, -0.2) is 27.9 Å². The van der Waals surface area contributed by atoms with E-state index in [2.05, 4.69) is 15.5 Å². The molecule has 0 bridgehead atoms. The standard InChI is InChI=1S/C25H23FN4O3S/c1-25(2,3)20-14-22(33-29-20)28-21(31)15-34-24-27-19(13-16-7-5-4-6-8-16)23(32)30(24)18-11-9-17(26)10-12-18/h4-14H,15H2,1-3H3,(H,28,31)/b19-13+. The Kier molecular flexibility index (Phi) is 6.65. The highest BCUT2D eigenvalue weighted by Crippen LogP contribution is 2.30. The molecule has 1 N–H and O–H groups in total. The van der Waals surface area contributed by atoms with Crippen LogP contribution >= 0.6 is 11.8 Å². The van der Waals surface area contributed by atoms with Crippen molar-refractivity contribution < 1.29 is 18.5 Å². The molecule has 0 radical (unpaired) electrons. The first-order chi connectivity index (χ1) is 16.2. The summed E-state index contributed by atoms with van der Waals surface area (Å²) in [5.41, 5.74) is 2.01. The van der Waals surface area contributed by atoms with E-state index in [1.807, 2.05) is 51.1 Å². The predicted octanol–water partition coefficient (Wildman–Crippen LogP) is 5.23.